The molecule has 0 aliphatic rings. The topological polar surface area (TPSA) is 46.9 Å². The first kappa shape index (κ1) is 13.3. The van der Waals surface area contributed by atoms with Gasteiger partial charge in [-0.2, -0.15) is 5.10 Å². The number of carbonyl (C=O) groups excluding carboxylic acids is 1. The van der Waals surface area contributed by atoms with Crippen LogP contribution in [-0.4, -0.2) is 28.1 Å². The Labute approximate surface area is 105 Å². The summed E-state index contributed by atoms with van der Waals surface area (Å²) in [6, 6.07) is 0. The second-order valence-corrected chi connectivity index (χ2v) is 4.19. The fourth-order valence-corrected chi connectivity index (χ4v) is 1.63. The van der Waals surface area contributed by atoms with Gasteiger partial charge >= 0.3 is 0 Å². The Bertz CT molecular complexity index is 376. The van der Waals surface area contributed by atoms with Crippen LogP contribution in [0, 0.1) is 13.8 Å². The number of nitrogens with one attached hydrogen (secondary N) is 1. The van der Waals surface area contributed by atoms with E-state index in [2.05, 4.69) is 10.4 Å². The number of hydrogen-bond donors (Lipinski definition) is 1. The fourth-order valence-electron chi connectivity index (χ4n) is 1.40. The number of alkyl halides is 1. The minimum absolute atomic E-state index is 0.00569. The van der Waals surface area contributed by atoms with Crippen molar-refractivity contribution in [1.82, 2.24) is 15.1 Å². The van der Waals surface area contributed by atoms with E-state index in [4.69, 9.17) is 23.2 Å². The molecule has 1 N–H and O–H groups in total. The Hall–Kier alpha value is -0.740. The second kappa shape index (κ2) is 6.11. The molecule has 1 rings (SSSR count). The van der Waals surface area contributed by atoms with Crippen LogP contribution in [0.4, 0.5) is 0 Å². The second-order valence-electron chi connectivity index (χ2n) is 3.55. The summed E-state index contributed by atoms with van der Waals surface area (Å²) in [7, 11) is 0. The van der Waals surface area contributed by atoms with E-state index in [1.54, 1.807) is 0 Å². The summed E-state index contributed by atoms with van der Waals surface area (Å²) in [6.07, 6.45) is 0.806. The zero-order valence-electron chi connectivity index (χ0n) is 9.39. The molecule has 16 heavy (non-hydrogen) atoms. The normalized spacial score (nSPS) is 10.5. The number of hydrogen-bond acceptors (Lipinski definition) is 2. The molecule has 90 valence electrons. The summed E-state index contributed by atoms with van der Waals surface area (Å²) >= 11 is 11.4. The van der Waals surface area contributed by atoms with E-state index in [9.17, 15) is 4.79 Å². The molecule has 1 heterocycles. The van der Waals surface area contributed by atoms with Crippen LogP contribution >= 0.6 is 23.2 Å². The summed E-state index contributed by atoms with van der Waals surface area (Å²) < 4.78 is 1.85. The minimum Gasteiger partial charge on any atom is -0.355 e. The van der Waals surface area contributed by atoms with Crippen LogP contribution in [-0.2, 0) is 11.3 Å². The van der Waals surface area contributed by atoms with Crippen molar-refractivity contribution in [1.29, 1.82) is 0 Å². The number of amides is 1. The molecule has 0 unspecified atom stereocenters. The molecular weight excluding hydrogens is 249 g/mol. The average molecular weight is 264 g/mol. The van der Waals surface area contributed by atoms with Gasteiger partial charge in [-0.15, -0.1) is 11.6 Å². The van der Waals surface area contributed by atoms with Gasteiger partial charge in [-0.25, -0.2) is 0 Å². The van der Waals surface area contributed by atoms with E-state index in [0.717, 1.165) is 24.4 Å². The van der Waals surface area contributed by atoms with E-state index >= 15 is 0 Å². The third-order valence-electron chi connectivity index (χ3n) is 2.28. The molecule has 0 atom stereocenters. The van der Waals surface area contributed by atoms with Gasteiger partial charge in [-0.05, 0) is 20.3 Å². The highest BCUT2D eigenvalue weighted by molar-refractivity contribution is 6.31. The minimum atomic E-state index is -0.145. The quantitative estimate of drug-likeness (QED) is 0.652. The zero-order valence-corrected chi connectivity index (χ0v) is 10.9. The highest BCUT2D eigenvalue weighted by Crippen LogP contribution is 2.18. The number of aryl methyl sites for hydroxylation is 2. The molecule has 1 amide bonds. The average Bonchev–Trinajstić information content (AvgIpc) is 2.52. The summed E-state index contributed by atoms with van der Waals surface area (Å²) in [6.45, 7) is 5.14. The van der Waals surface area contributed by atoms with Gasteiger partial charge in [0.15, 0.2) is 0 Å². The van der Waals surface area contributed by atoms with Crippen LogP contribution in [0.3, 0.4) is 0 Å². The molecule has 4 nitrogen and oxygen atoms in total. The lowest BCUT2D eigenvalue weighted by atomic mass is 10.4. The number of aromatic nitrogens is 2. The lowest BCUT2D eigenvalue weighted by Crippen LogP contribution is -2.26. The highest BCUT2D eigenvalue weighted by atomic mass is 35.5. The van der Waals surface area contributed by atoms with E-state index in [-0.39, 0.29) is 11.8 Å². The van der Waals surface area contributed by atoms with Crippen LogP contribution in [0.15, 0.2) is 0 Å². The Morgan fingerprint density at radius 1 is 1.50 bits per heavy atom. The summed E-state index contributed by atoms with van der Waals surface area (Å²) in [5.74, 6) is -0.140. The van der Waals surface area contributed by atoms with Crippen LogP contribution < -0.4 is 5.32 Å². The van der Waals surface area contributed by atoms with Crippen molar-refractivity contribution in [2.24, 2.45) is 0 Å². The summed E-state index contributed by atoms with van der Waals surface area (Å²) in [5.41, 5.74) is 1.80. The molecule has 0 saturated heterocycles. The predicted molar refractivity (Wildman–Crippen MR) is 65.1 cm³/mol. The van der Waals surface area contributed by atoms with Gasteiger partial charge in [0.05, 0.1) is 16.4 Å². The first-order valence-corrected chi connectivity index (χ1v) is 5.99. The molecule has 0 radical (unpaired) electrons. The first-order chi connectivity index (χ1) is 7.56. The summed E-state index contributed by atoms with van der Waals surface area (Å²) in [5, 5.41) is 7.70. The fraction of sp³-hybridized carbons (Fsp3) is 0.600. The number of nitrogens with zero attached hydrogens (tertiary/aromatic N) is 2. The highest BCUT2D eigenvalue weighted by Gasteiger charge is 2.08. The first-order valence-electron chi connectivity index (χ1n) is 5.08. The molecule has 0 bridgehead atoms. The maximum absolute atomic E-state index is 10.9. The molecule has 1 aromatic rings. The van der Waals surface area contributed by atoms with Crippen molar-refractivity contribution in [2.75, 3.05) is 12.4 Å². The SMILES string of the molecule is Cc1nn(CCCNC(=O)CCl)c(C)c1Cl. The molecule has 0 aliphatic heterocycles. The number of halogens is 2. The van der Waals surface area contributed by atoms with Gasteiger partial charge in [0, 0.05) is 13.1 Å². The van der Waals surface area contributed by atoms with Crippen LogP contribution in [0.2, 0.25) is 5.02 Å². The Morgan fingerprint density at radius 3 is 2.69 bits per heavy atom. The van der Waals surface area contributed by atoms with Crippen LogP contribution in [0.25, 0.3) is 0 Å². The number of rotatable bonds is 5. The Kier molecular flexibility index (Phi) is 5.09. The zero-order chi connectivity index (χ0) is 12.1. The molecule has 0 fully saturated rings. The molecule has 6 heteroatoms. The van der Waals surface area contributed by atoms with Gasteiger partial charge < -0.3 is 5.32 Å². The van der Waals surface area contributed by atoms with E-state index in [1.807, 2.05) is 18.5 Å². The van der Waals surface area contributed by atoms with Gasteiger partial charge in [-0.1, -0.05) is 11.6 Å². The van der Waals surface area contributed by atoms with Crippen molar-refractivity contribution in [3.05, 3.63) is 16.4 Å². The molecule has 0 spiro atoms. The molecule has 0 aliphatic carbocycles. The lowest BCUT2D eigenvalue weighted by Gasteiger charge is -2.05. The monoisotopic (exact) mass is 263 g/mol. The molecule has 0 saturated carbocycles. The number of carbonyl (C=O) groups is 1. The molecule has 1 aromatic heterocycles. The third kappa shape index (κ3) is 3.39. The van der Waals surface area contributed by atoms with E-state index in [0.29, 0.717) is 11.6 Å². The standard InChI is InChI=1S/C10H15Cl2N3O/c1-7-10(12)8(2)15(14-7)5-3-4-13-9(16)6-11/h3-6H2,1-2H3,(H,13,16). The largest absolute Gasteiger partial charge is 0.355 e. The molecule has 0 aromatic carbocycles. The van der Waals surface area contributed by atoms with Crippen molar-refractivity contribution in [3.8, 4) is 0 Å². The van der Waals surface area contributed by atoms with Crippen molar-refractivity contribution in [3.63, 3.8) is 0 Å². The van der Waals surface area contributed by atoms with Crippen LogP contribution in [0.5, 0.6) is 0 Å². The van der Waals surface area contributed by atoms with E-state index in [1.165, 1.54) is 0 Å². The lowest BCUT2D eigenvalue weighted by molar-refractivity contribution is -0.118. The van der Waals surface area contributed by atoms with Crippen molar-refractivity contribution in [2.45, 2.75) is 26.8 Å². The summed E-state index contributed by atoms with van der Waals surface area (Å²) in [4.78, 5) is 10.9. The smallest absolute Gasteiger partial charge is 0.234 e. The van der Waals surface area contributed by atoms with Gasteiger partial charge in [-0.3, -0.25) is 9.48 Å². The Morgan fingerprint density at radius 2 is 2.19 bits per heavy atom. The third-order valence-corrected chi connectivity index (χ3v) is 3.07. The van der Waals surface area contributed by atoms with Crippen molar-refractivity contribution >= 4 is 29.1 Å². The van der Waals surface area contributed by atoms with Gasteiger partial charge in [0.2, 0.25) is 5.91 Å². The van der Waals surface area contributed by atoms with E-state index < -0.39 is 0 Å². The van der Waals surface area contributed by atoms with Crippen LogP contribution in [0.1, 0.15) is 17.8 Å². The van der Waals surface area contributed by atoms with Gasteiger partial charge in [0.1, 0.15) is 5.88 Å². The maximum atomic E-state index is 10.9. The molecular formula is C10H15Cl2N3O. The maximum Gasteiger partial charge on any atom is 0.234 e. The Balaban J connectivity index is 2.38. The van der Waals surface area contributed by atoms with Gasteiger partial charge in [0.25, 0.3) is 0 Å². The predicted octanol–water partition coefficient (Wildman–Crippen LogP) is 1.90. The van der Waals surface area contributed by atoms with Crippen molar-refractivity contribution < 1.29 is 4.79 Å².